The Morgan fingerprint density at radius 2 is 2.00 bits per heavy atom. The number of hydrogen-bond donors (Lipinski definition) is 2. The van der Waals surface area contributed by atoms with Crippen molar-refractivity contribution < 1.29 is 14.0 Å². The van der Waals surface area contributed by atoms with Gasteiger partial charge in [-0.05, 0) is 30.7 Å². The maximum absolute atomic E-state index is 13.7. The van der Waals surface area contributed by atoms with Crippen LogP contribution in [0.2, 0.25) is 0 Å². The zero-order chi connectivity index (χ0) is 17.7. The molecule has 0 saturated carbocycles. The molecule has 0 spiro atoms. The van der Waals surface area contributed by atoms with E-state index in [1.165, 1.54) is 34.3 Å². The minimum atomic E-state index is -0.620. The zero-order valence-corrected chi connectivity index (χ0v) is 14.9. The second-order valence-electron chi connectivity index (χ2n) is 4.71. The first-order valence-corrected chi connectivity index (χ1v) is 9.40. The number of hydrogen-bond acceptors (Lipinski definition) is 6. The van der Waals surface area contributed by atoms with Crippen LogP contribution in [-0.4, -0.2) is 44.8 Å². The van der Waals surface area contributed by atoms with Gasteiger partial charge in [-0.1, -0.05) is 11.8 Å². The highest BCUT2D eigenvalue weighted by Crippen LogP contribution is 2.17. The van der Waals surface area contributed by atoms with E-state index < -0.39 is 11.7 Å². The van der Waals surface area contributed by atoms with Gasteiger partial charge in [0.25, 0.3) is 5.91 Å². The molecule has 0 atom stereocenters. The third-order valence-corrected chi connectivity index (χ3v) is 3.96. The van der Waals surface area contributed by atoms with Crippen LogP contribution in [0.5, 0.6) is 0 Å². The summed E-state index contributed by atoms with van der Waals surface area (Å²) >= 11 is 2.69. The molecule has 0 aliphatic heterocycles. The summed E-state index contributed by atoms with van der Waals surface area (Å²) in [6.07, 6.45) is 3.60. The lowest BCUT2D eigenvalue weighted by Gasteiger charge is -2.08. The van der Waals surface area contributed by atoms with Crippen molar-refractivity contribution in [2.75, 3.05) is 28.9 Å². The third-order valence-electron chi connectivity index (χ3n) is 2.87. The monoisotopic (exact) mass is 369 g/mol. The molecule has 2 amide bonds. The lowest BCUT2D eigenvalue weighted by atomic mass is 10.2. The second-order valence-corrected chi connectivity index (χ2v) is 6.35. The summed E-state index contributed by atoms with van der Waals surface area (Å²) in [5, 5.41) is 9.72. The van der Waals surface area contributed by atoms with Gasteiger partial charge in [0.2, 0.25) is 17.0 Å². The van der Waals surface area contributed by atoms with Crippen LogP contribution in [0.25, 0.3) is 0 Å². The molecule has 0 saturated heterocycles. The average Bonchev–Trinajstić information content (AvgIpc) is 2.87. The van der Waals surface area contributed by atoms with Gasteiger partial charge in [-0.3, -0.25) is 14.9 Å². The highest BCUT2D eigenvalue weighted by atomic mass is 32.2. The summed E-state index contributed by atoms with van der Waals surface area (Å²) in [4.78, 5) is 28.0. The average molecular weight is 369 g/mol. The minimum absolute atomic E-state index is 0.0724. The number of aryl methyl sites for hydroxylation is 1. The number of benzene rings is 1. The Bertz CT molecular complexity index is 766. The van der Waals surface area contributed by atoms with Crippen LogP contribution in [0.15, 0.2) is 23.4 Å². The van der Waals surface area contributed by atoms with Crippen LogP contribution in [0.4, 0.5) is 16.0 Å². The van der Waals surface area contributed by atoms with E-state index in [0.29, 0.717) is 5.16 Å². The first kappa shape index (κ1) is 18.3. The molecule has 0 bridgehead atoms. The molecule has 0 aliphatic carbocycles. The number of carbonyl (C=O) groups excluding carboxylic acids is 2. The van der Waals surface area contributed by atoms with E-state index in [2.05, 4.69) is 20.7 Å². The van der Waals surface area contributed by atoms with Crippen LogP contribution < -0.4 is 10.6 Å². The molecule has 0 radical (unpaired) electrons. The first-order chi connectivity index (χ1) is 11.4. The van der Waals surface area contributed by atoms with E-state index >= 15 is 0 Å². The van der Waals surface area contributed by atoms with Crippen molar-refractivity contribution in [1.82, 2.24) is 14.8 Å². The molecule has 0 aliphatic rings. The number of carbonyl (C=O) groups is 2. The SMILES string of the molecule is CSCC(=O)Nc1cc(F)cc(C(=O)Nc2nc(SC)nn2C)c1. The van der Waals surface area contributed by atoms with Crippen molar-refractivity contribution in [2.45, 2.75) is 5.16 Å². The Hall–Kier alpha value is -2.07. The van der Waals surface area contributed by atoms with E-state index in [1.807, 2.05) is 6.26 Å². The molecule has 1 aromatic heterocycles. The van der Waals surface area contributed by atoms with Gasteiger partial charge in [0, 0.05) is 18.3 Å². The van der Waals surface area contributed by atoms with Crippen molar-refractivity contribution in [2.24, 2.45) is 7.05 Å². The Morgan fingerprint density at radius 1 is 1.25 bits per heavy atom. The predicted octanol–water partition coefficient (Wildman–Crippen LogP) is 2.23. The van der Waals surface area contributed by atoms with Crippen molar-refractivity contribution in [3.63, 3.8) is 0 Å². The van der Waals surface area contributed by atoms with E-state index in [-0.39, 0.29) is 28.9 Å². The van der Waals surface area contributed by atoms with Gasteiger partial charge < -0.3 is 5.32 Å². The molecule has 1 heterocycles. The highest BCUT2D eigenvalue weighted by molar-refractivity contribution is 7.99. The molecule has 10 heteroatoms. The van der Waals surface area contributed by atoms with Crippen LogP contribution in [0.1, 0.15) is 10.4 Å². The van der Waals surface area contributed by atoms with Crippen LogP contribution in [-0.2, 0) is 11.8 Å². The Morgan fingerprint density at radius 3 is 2.62 bits per heavy atom. The van der Waals surface area contributed by atoms with E-state index in [9.17, 15) is 14.0 Å². The van der Waals surface area contributed by atoms with Crippen LogP contribution in [0.3, 0.4) is 0 Å². The van der Waals surface area contributed by atoms with Crippen molar-refractivity contribution in [1.29, 1.82) is 0 Å². The maximum atomic E-state index is 13.7. The van der Waals surface area contributed by atoms with Gasteiger partial charge in [0.15, 0.2) is 0 Å². The standard InChI is InChI=1S/C14H16FN5O2S2/c1-20-13(18-14(19-20)24-3)17-12(22)8-4-9(15)6-10(5-8)16-11(21)7-23-2/h4-6H,7H2,1-3H3,(H,16,21)(H,17,18,19,22). The number of anilines is 2. The number of nitrogens with one attached hydrogen (secondary N) is 2. The fraction of sp³-hybridized carbons (Fsp3) is 0.286. The van der Waals surface area contributed by atoms with E-state index in [4.69, 9.17) is 0 Å². The summed E-state index contributed by atoms with van der Waals surface area (Å²) in [6, 6.07) is 3.65. The molecule has 2 N–H and O–H groups in total. The lowest BCUT2D eigenvalue weighted by molar-refractivity contribution is -0.113. The van der Waals surface area contributed by atoms with E-state index in [0.717, 1.165) is 12.1 Å². The third kappa shape index (κ3) is 4.71. The smallest absolute Gasteiger partial charge is 0.258 e. The molecule has 128 valence electrons. The topological polar surface area (TPSA) is 88.9 Å². The predicted molar refractivity (Wildman–Crippen MR) is 94.1 cm³/mol. The molecule has 24 heavy (non-hydrogen) atoms. The quantitative estimate of drug-likeness (QED) is 0.759. The highest BCUT2D eigenvalue weighted by Gasteiger charge is 2.14. The molecule has 0 fully saturated rings. The summed E-state index contributed by atoms with van der Waals surface area (Å²) in [5.41, 5.74) is 0.296. The van der Waals surface area contributed by atoms with Crippen molar-refractivity contribution >= 4 is 47.0 Å². The Kier molecular flexibility index (Phi) is 6.21. The number of rotatable bonds is 6. The largest absolute Gasteiger partial charge is 0.325 e. The van der Waals surface area contributed by atoms with Gasteiger partial charge >= 0.3 is 0 Å². The number of amides is 2. The van der Waals surface area contributed by atoms with Crippen molar-refractivity contribution in [3.8, 4) is 0 Å². The molecule has 0 unspecified atom stereocenters. The van der Waals surface area contributed by atoms with Crippen molar-refractivity contribution in [3.05, 3.63) is 29.6 Å². The fourth-order valence-corrected chi connectivity index (χ4v) is 2.57. The molecule has 1 aromatic carbocycles. The number of thioether (sulfide) groups is 2. The summed E-state index contributed by atoms with van der Waals surface area (Å²) in [7, 11) is 1.64. The van der Waals surface area contributed by atoms with E-state index in [1.54, 1.807) is 13.3 Å². The second kappa shape index (κ2) is 8.15. The van der Waals surface area contributed by atoms with Gasteiger partial charge in [-0.15, -0.1) is 5.10 Å². The summed E-state index contributed by atoms with van der Waals surface area (Å²) in [6.45, 7) is 0. The molecule has 2 aromatic rings. The molecular formula is C14H16FN5O2S2. The summed E-state index contributed by atoms with van der Waals surface area (Å²) < 4.78 is 15.1. The van der Waals surface area contributed by atoms with Gasteiger partial charge in [0.05, 0.1) is 5.75 Å². The number of nitrogens with zero attached hydrogens (tertiary/aromatic N) is 3. The first-order valence-electron chi connectivity index (χ1n) is 6.78. The fourth-order valence-electron chi connectivity index (χ4n) is 1.85. The van der Waals surface area contributed by atoms with Gasteiger partial charge in [-0.2, -0.15) is 16.7 Å². The normalized spacial score (nSPS) is 10.5. The number of aromatic nitrogens is 3. The Balaban J connectivity index is 2.18. The molecular weight excluding hydrogens is 353 g/mol. The molecule has 2 rings (SSSR count). The van der Waals surface area contributed by atoms with Gasteiger partial charge in [0.1, 0.15) is 5.82 Å². The van der Waals surface area contributed by atoms with Crippen LogP contribution in [0, 0.1) is 5.82 Å². The number of halogens is 1. The Labute approximate surface area is 146 Å². The lowest BCUT2D eigenvalue weighted by Crippen LogP contribution is -2.17. The minimum Gasteiger partial charge on any atom is -0.325 e. The van der Waals surface area contributed by atoms with Crippen LogP contribution >= 0.6 is 23.5 Å². The zero-order valence-electron chi connectivity index (χ0n) is 13.3. The van der Waals surface area contributed by atoms with Gasteiger partial charge in [-0.25, -0.2) is 9.07 Å². The maximum Gasteiger partial charge on any atom is 0.258 e. The summed E-state index contributed by atoms with van der Waals surface area (Å²) in [5.74, 6) is -0.934. The molecule has 7 nitrogen and oxygen atoms in total.